The standard InChI is InChI=1S/C27H34N2O/c1-5-21(6-2)26-27(30)28-25(24-15-22-9-7-8-10-23(22)16-24)19(4)29(26)17-20-13-11-18(3)12-14-20/h7-14,21,24-26H,4-6,15-17H2,1-3H3,(H,28,30). The molecule has 2 aliphatic rings. The van der Waals surface area contributed by atoms with Gasteiger partial charge in [0, 0.05) is 12.2 Å². The summed E-state index contributed by atoms with van der Waals surface area (Å²) in [6.45, 7) is 11.8. The van der Waals surface area contributed by atoms with Crippen molar-refractivity contribution in [3.05, 3.63) is 83.1 Å². The van der Waals surface area contributed by atoms with E-state index in [1.165, 1.54) is 22.3 Å². The Morgan fingerprint density at radius 3 is 2.20 bits per heavy atom. The zero-order valence-electron chi connectivity index (χ0n) is 18.5. The quantitative estimate of drug-likeness (QED) is 0.735. The minimum absolute atomic E-state index is 0.000889. The highest BCUT2D eigenvalue weighted by Gasteiger charge is 2.43. The van der Waals surface area contributed by atoms with Crippen molar-refractivity contribution in [3.8, 4) is 0 Å². The van der Waals surface area contributed by atoms with Gasteiger partial charge in [-0.3, -0.25) is 4.79 Å². The van der Waals surface area contributed by atoms with Gasteiger partial charge >= 0.3 is 0 Å². The van der Waals surface area contributed by atoms with Crippen LogP contribution in [0.25, 0.3) is 0 Å². The van der Waals surface area contributed by atoms with Gasteiger partial charge in [-0.15, -0.1) is 0 Å². The number of carbonyl (C=O) groups is 1. The van der Waals surface area contributed by atoms with Crippen molar-refractivity contribution in [1.82, 2.24) is 10.2 Å². The van der Waals surface area contributed by atoms with E-state index in [1.807, 2.05) is 0 Å². The fourth-order valence-electron chi connectivity index (χ4n) is 5.33. The summed E-state index contributed by atoms with van der Waals surface area (Å²) in [5, 5.41) is 3.39. The summed E-state index contributed by atoms with van der Waals surface area (Å²) in [6.07, 6.45) is 4.00. The first-order valence-electron chi connectivity index (χ1n) is 11.4. The zero-order chi connectivity index (χ0) is 21.3. The second-order valence-corrected chi connectivity index (χ2v) is 9.05. The number of carbonyl (C=O) groups excluding carboxylic acids is 1. The molecule has 1 heterocycles. The van der Waals surface area contributed by atoms with Crippen LogP contribution >= 0.6 is 0 Å². The average molecular weight is 403 g/mol. The fraction of sp³-hybridized carbons (Fsp3) is 0.444. The predicted octanol–water partition coefficient (Wildman–Crippen LogP) is 5.03. The maximum Gasteiger partial charge on any atom is 0.243 e. The molecule has 30 heavy (non-hydrogen) atoms. The summed E-state index contributed by atoms with van der Waals surface area (Å²) in [7, 11) is 0. The van der Waals surface area contributed by atoms with E-state index in [9.17, 15) is 4.79 Å². The third-order valence-corrected chi connectivity index (χ3v) is 7.15. The molecule has 2 unspecified atom stereocenters. The first kappa shape index (κ1) is 20.7. The highest BCUT2D eigenvalue weighted by Crippen LogP contribution is 2.36. The first-order valence-corrected chi connectivity index (χ1v) is 11.4. The number of aryl methyl sites for hydroxylation is 1. The van der Waals surface area contributed by atoms with Crippen LogP contribution in [0.15, 0.2) is 60.8 Å². The Labute approximate surface area is 181 Å². The van der Waals surface area contributed by atoms with Gasteiger partial charge in [0.2, 0.25) is 5.91 Å². The van der Waals surface area contributed by atoms with Crippen LogP contribution in [0.1, 0.15) is 48.9 Å². The number of rotatable bonds is 6. The van der Waals surface area contributed by atoms with Crippen LogP contribution in [0.3, 0.4) is 0 Å². The van der Waals surface area contributed by atoms with Gasteiger partial charge in [-0.05, 0) is 48.3 Å². The van der Waals surface area contributed by atoms with Crippen molar-refractivity contribution in [1.29, 1.82) is 0 Å². The smallest absolute Gasteiger partial charge is 0.243 e. The highest BCUT2D eigenvalue weighted by atomic mass is 16.2. The molecule has 3 heteroatoms. The van der Waals surface area contributed by atoms with Crippen LogP contribution in [-0.4, -0.2) is 22.9 Å². The summed E-state index contributed by atoms with van der Waals surface area (Å²) in [6, 6.07) is 17.2. The van der Waals surface area contributed by atoms with Gasteiger partial charge in [0.05, 0.1) is 6.04 Å². The third-order valence-electron chi connectivity index (χ3n) is 7.15. The van der Waals surface area contributed by atoms with Crippen LogP contribution in [0.2, 0.25) is 0 Å². The Balaban J connectivity index is 1.62. The van der Waals surface area contributed by atoms with Crippen LogP contribution in [0, 0.1) is 18.8 Å². The molecular weight excluding hydrogens is 368 g/mol. The first-order chi connectivity index (χ1) is 14.5. The number of hydrogen-bond acceptors (Lipinski definition) is 2. The van der Waals surface area contributed by atoms with Gasteiger partial charge in [-0.2, -0.15) is 0 Å². The van der Waals surface area contributed by atoms with Crippen LogP contribution in [0.5, 0.6) is 0 Å². The molecule has 158 valence electrons. The topological polar surface area (TPSA) is 32.3 Å². The maximum absolute atomic E-state index is 13.4. The van der Waals surface area contributed by atoms with E-state index in [-0.39, 0.29) is 18.0 Å². The van der Waals surface area contributed by atoms with Gasteiger partial charge in [-0.1, -0.05) is 87.4 Å². The van der Waals surface area contributed by atoms with E-state index in [0.29, 0.717) is 11.8 Å². The van der Waals surface area contributed by atoms with Crippen LogP contribution < -0.4 is 5.32 Å². The Hall–Kier alpha value is -2.55. The Kier molecular flexibility index (Phi) is 5.99. The number of benzene rings is 2. The molecule has 1 amide bonds. The molecular formula is C27H34N2O. The molecule has 2 aromatic rings. The Morgan fingerprint density at radius 2 is 1.63 bits per heavy atom. The molecule has 1 aliphatic carbocycles. The van der Waals surface area contributed by atoms with Gasteiger partial charge in [0.25, 0.3) is 0 Å². The summed E-state index contributed by atoms with van der Waals surface area (Å²) < 4.78 is 0. The number of amides is 1. The van der Waals surface area contributed by atoms with Crippen molar-refractivity contribution in [2.75, 3.05) is 0 Å². The monoisotopic (exact) mass is 402 g/mol. The van der Waals surface area contributed by atoms with E-state index in [0.717, 1.165) is 37.9 Å². The molecule has 1 N–H and O–H groups in total. The van der Waals surface area contributed by atoms with Crippen molar-refractivity contribution in [3.63, 3.8) is 0 Å². The number of nitrogens with zero attached hydrogens (tertiary/aromatic N) is 1. The van der Waals surface area contributed by atoms with E-state index in [1.54, 1.807) is 0 Å². The molecule has 0 bridgehead atoms. The third kappa shape index (κ3) is 3.90. The number of hydrogen-bond donors (Lipinski definition) is 1. The molecule has 0 spiro atoms. The number of nitrogens with one attached hydrogen (secondary N) is 1. The van der Waals surface area contributed by atoms with Gasteiger partial charge < -0.3 is 10.2 Å². The van der Waals surface area contributed by atoms with E-state index < -0.39 is 0 Å². The lowest BCUT2D eigenvalue weighted by Crippen LogP contribution is -2.62. The Morgan fingerprint density at radius 1 is 1.03 bits per heavy atom. The largest absolute Gasteiger partial charge is 0.357 e. The second-order valence-electron chi connectivity index (χ2n) is 9.05. The van der Waals surface area contributed by atoms with Gasteiger partial charge in [0.1, 0.15) is 6.04 Å². The van der Waals surface area contributed by atoms with Crippen molar-refractivity contribution >= 4 is 5.91 Å². The molecule has 1 aliphatic heterocycles. The molecule has 2 aromatic carbocycles. The second kappa shape index (κ2) is 8.67. The lowest BCUT2D eigenvalue weighted by atomic mass is 9.85. The summed E-state index contributed by atoms with van der Waals surface area (Å²) in [5.74, 6) is 0.875. The number of fused-ring (bicyclic) bond motifs is 1. The number of piperazine rings is 1. The molecule has 0 radical (unpaired) electrons. The van der Waals surface area contributed by atoms with E-state index >= 15 is 0 Å². The highest BCUT2D eigenvalue weighted by molar-refractivity contribution is 5.84. The Bertz CT molecular complexity index is 888. The maximum atomic E-state index is 13.4. The van der Waals surface area contributed by atoms with Crippen molar-refractivity contribution in [2.24, 2.45) is 11.8 Å². The molecule has 1 fully saturated rings. The summed E-state index contributed by atoms with van der Waals surface area (Å²) in [4.78, 5) is 15.7. The zero-order valence-corrected chi connectivity index (χ0v) is 18.5. The fourth-order valence-corrected chi connectivity index (χ4v) is 5.33. The van der Waals surface area contributed by atoms with Crippen LogP contribution in [0.4, 0.5) is 0 Å². The summed E-state index contributed by atoms with van der Waals surface area (Å²) >= 11 is 0. The normalized spacial score (nSPS) is 21.8. The van der Waals surface area contributed by atoms with Crippen molar-refractivity contribution in [2.45, 2.75) is 65.1 Å². The minimum Gasteiger partial charge on any atom is -0.357 e. The SMILES string of the molecule is C=C1C(C2Cc3ccccc3C2)NC(=O)C(C(CC)CC)N1Cc1ccc(C)cc1. The molecule has 2 atom stereocenters. The van der Waals surface area contributed by atoms with E-state index in [2.05, 4.69) is 86.1 Å². The van der Waals surface area contributed by atoms with Gasteiger partial charge in [-0.25, -0.2) is 0 Å². The predicted molar refractivity (Wildman–Crippen MR) is 123 cm³/mol. The molecule has 0 saturated carbocycles. The summed E-state index contributed by atoms with van der Waals surface area (Å²) in [5.41, 5.74) is 6.39. The van der Waals surface area contributed by atoms with Crippen molar-refractivity contribution < 1.29 is 4.79 Å². The minimum atomic E-state index is -0.145. The molecule has 4 rings (SSSR count). The van der Waals surface area contributed by atoms with Crippen LogP contribution in [-0.2, 0) is 24.2 Å². The lowest BCUT2D eigenvalue weighted by Gasteiger charge is -2.47. The van der Waals surface area contributed by atoms with E-state index in [4.69, 9.17) is 0 Å². The lowest BCUT2D eigenvalue weighted by molar-refractivity contribution is -0.132. The molecule has 3 nitrogen and oxygen atoms in total. The van der Waals surface area contributed by atoms with Gasteiger partial charge in [0.15, 0.2) is 0 Å². The average Bonchev–Trinajstić information content (AvgIpc) is 3.18. The molecule has 0 aromatic heterocycles. The molecule has 1 saturated heterocycles.